The van der Waals surface area contributed by atoms with Gasteiger partial charge in [0.2, 0.25) is 5.91 Å². The largest absolute Gasteiger partial charge is 0.494 e. The molecule has 1 saturated heterocycles. The van der Waals surface area contributed by atoms with Crippen LogP contribution in [0, 0.1) is 5.41 Å². The van der Waals surface area contributed by atoms with Crippen LogP contribution < -0.4 is 15.8 Å². The van der Waals surface area contributed by atoms with Crippen molar-refractivity contribution in [2.24, 2.45) is 11.1 Å². The zero-order chi connectivity index (χ0) is 16.0. The van der Waals surface area contributed by atoms with Gasteiger partial charge in [-0.15, -0.1) is 0 Å². The molecule has 5 nitrogen and oxygen atoms in total. The molecular weight excluding hydrogens is 278 g/mol. The number of carbonyl (C=O) groups excluding carboxylic acids is 1. The van der Waals surface area contributed by atoms with Crippen LogP contribution in [0.2, 0.25) is 0 Å². The Morgan fingerprint density at radius 1 is 1.50 bits per heavy atom. The maximum absolute atomic E-state index is 12.1. The summed E-state index contributed by atoms with van der Waals surface area (Å²) in [7, 11) is 0. The summed E-state index contributed by atoms with van der Waals surface area (Å²) in [5.74, 6) is 0.899. The van der Waals surface area contributed by atoms with Gasteiger partial charge >= 0.3 is 0 Å². The number of nitrogens with zero attached hydrogens (tertiary/aromatic N) is 1. The molecule has 0 aromatic heterocycles. The summed E-state index contributed by atoms with van der Waals surface area (Å²) in [6.45, 7) is 8.28. The Kier molecular flexibility index (Phi) is 5.80. The Labute approximate surface area is 132 Å². The average Bonchev–Trinajstić information content (AvgIpc) is 2.88. The van der Waals surface area contributed by atoms with Gasteiger partial charge in [-0.2, -0.15) is 0 Å². The number of ether oxygens (including phenoxy) is 1. The van der Waals surface area contributed by atoms with E-state index in [1.165, 1.54) is 0 Å². The van der Waals surface area contributed by atoms with Crippen LogP contribution in [-0.4, -0.2) is 43.6 Å². The number of hydrogen-bond donors (Lipinski definition) is 2. The SMILES string of the molecule is CCOc1cccc(CNC(=O)CN2CCC(C)(CN)C2)c1. The van der Waals surface area contributed by atoms with Crippen LogP contribution in [0.4, 0.5) is 0 Å². The van der Waals surface area contributed by atoms with Crippen molar-refractivity contribution >= 4 is 5.91 Å². The van der Waals surface area contributed by atoms with Gasteiger partial charge in [-0.1, -0.05) is 19.1 Å². The zero-order valence-electron chi connectivity index (χ0n) is 13.6. The molecule has 1 aromatic rings. The molecule has 1 heterocycles. The molecule has 1 atom stereocenters. The zero-order valence-corrected chi connectivity index (χ0v) is 13.6. The third kappa shape index (κ3) is 4.71. The molecule has 1 unspecified atom stereocenters. The van der Waals surface area contributed by atoms with Crippen molar-refractivity contribution in [3.05, 3.63) is 29.8 Å². The van der Waals surface area contributed by atoms with E-state index < -0.39 is 0 Å². The highest BCUT2D eigenvalue weighted by Gasteiger charge is 2.32. The molecule has 1 aromatic carbocycles. The first-order valence-electron chi connectivity index (χ1n) is 7.95. The number of rotatable bonds is 7. The van der Waals surface area contributed by atoms with Gasteiger partial charge in [0.1, 0.15) is 5.75 Å². The lowest BCUT2D eigenvalue weighted by molar-refractivity contribution is -0.122. The first kappa shape index (κ1) is 16.8. The molecule has 5 heteroatoms. The van der Waals surface area contributed by atoms with Crippen molar-refractivity contribution in [3.8, 4) is 5.75 Å². The molecule has 1 aliphatic rings. The monoisotopic (exact) mass is 305 g/mol. The fourth-order valence-corrected chi connectivity index (χ4v) is 2.80. The number of carbonyl (C=O) groups is 1. The van der Waals surface area contributed by atoms with E-state index in [-0.39, 0.29) is 11.3 Å². The van der Waals surface area contributed by atoms with Crippen molar-refractivity contribution in [2.75, 3.05) is 32.8 Å². The second-order valence-electron chi connectivity index (χ2n) is 6.33. The maximum Gasteiger partial charge on any atom is 0.234 e. The predicted octanol–water partition coefficient (Wildman–Crippen LogP) is 1.37. The number of nitrogens with two attached hydrogens (primary N) is 1. The second-order valence-corrected chi connectivity index (χ2v) is 6.33. The summed E-state index contributed by atoms with van der Waals surface area (Å²) in [5.41, 5.74) is 7.00. The molecule has 1 aliphatic heterocycles. The van der Waals surface area contributed by atoms with Gasteiger partial charge in [0.15, 0.2) is 0 Å². The summed E-state index contributed by atoms with van der Waals surface area (Å²) < 4.78 is 5.46. The average molecular weight is 305 g/mol. The first-order valence-corrected chi connectivity index (χ1v) is 7.95. The van der Waals surface area contributed by atoms with E-state index >= 15 is 0 Å². The summed E-state index contributed by atoms with van der Waals surface area (Å²) in [5, 5.41) is 2.97. The number of hydrogen-bond acceptors (Lipinski definition) is 4. The highest BCUT2D eigenvalue weighted by atomic mass is 16.5. The minimum atomic E-state index is 0.0584. The molecule has 2 rings (SSSR count). The van der Waals surface area contributed by atoms with Crippen LogP contribution in [0.3, 0.4) is 0 Å². The third-order valence-electron chi connectivity index (χ3n) is 4.20. The summed E-state index contributed by atoms with van der Waals surface area (Å²) in [6.07, 6.45) is 1.06. The molecule has 0 saturated carbocycles. The standard InChI is InChI=1S/C17H27N3O2/c1-3-22-15-6-4-5-14(9-15)10-19-16(21)11-20-8-7-17(2,12-18)13-20/h4-6,9H,3,7-8,10-13,18H2,1-2H3,(H,19,21). The van der Waals surface area contributed by atoms with Crippen LogP contribution >= 0.6 is 0 Å². The Morgan fingerprint density at radius 2 is 2.32 bits per heavy atom. The smallest absolute Gasteiger partial charge is 0.234 e. The van der Waals surface area contributed by atoms with Gasteiger partial charge in [0, 0.05) is 13.1 Å². The van der Waals surface area contributed by atoms with Crippen LogP contribution in [0.25, 0.3) is 0 Å². The van der Waals surface area contributed by atoms with Crippen molar-refractivity contribution < 1.29 is 9.53 Å². The van der Waals surface area contributed by atoms with Gasteiger partial charge in [-0.3, -0.25) is 9.69 Å². The number of benzene rings is 1. The molecular formula is C17H27N3O2. The Bertz CT molecular complexity index is 506. The lowest BCUT2D eigenvalue weighted by atomic mass is 9.90. The summed E-state index contributed by atoms with van der Waals surface area (Å²) in [4.78, 5) is 14.2. The van der Waals surface area contributed by atoms with Crippen molar-refractivity contribution in [1.29, 1.82) is 0 Å². The van der Waals surface area contributed by atoms with Crippen LogP contribution in [0.1, 0.15) is 25.8 Å². The summed E-state index contributed by atoms with van der Waals surface area (Å²) >= 11 is 0. The first-order chi connectivity index (χ1) is 10.5. The third-order valence-corrected chi connectivity index (χ3v) is 4.20. The van der Waals surface area contributed by atoms with Gasteiger partial charge < -0.3 is 15.8 Å². The second kappa shape index (κ2) is 7.61. The number of likely N-dealkylation sites (tertiary alicyclic amines) is 1. The molecule has 1 fully saturated rings. The fraction of sp³-hybridized carbons (Fsp3) is 0.588. The van der Waals surface area contributed by atoms with E-state index in [9.17, 15) is 4.79 Å². The van der Waals surface area contributed by atoms with E-state index in [0.717, 1.165) is 30.8 Å². The predicted molar refractivity (Wildman–Crippen MR) is 87.7 cm³/mol. The minimum Gasteiger partial charge on any atom is -0.494 e. The molecule has 0 aliphatic carbocycles. The number of nitrogens with one attached hydrogen (secondary N) is 1. The van der Waals surface area contributed by atoms with Crippen LogP contribution in [-0.2, 0) is 11.3 Å². The molecule has 0 spiro atoms. The minimum absolute atomic E-state index is 0.0584. The Balaban J connectivity index is 1.77. The van der Waals surface area contributed by atoms with E-state index in [1.807, 2.05) is 31.2 Å². The molecule has 0 radical (unpaired) electrons. The van der Waals surface area contributed by atoms with Crippen molar-refractivity contribution in [2.45, 2.75) is 26.8 Å². The molecule has 1 amide bonds. The highest BCUT2D eigenvalue weighted by Crippen LogP contribution is 2.27. The maximum atomic E-state index is 12.1. The highest BCUT2D eigenvalue weighted by molar-refractivity contribution is 5.78. The molecule has 122 valence electrons. The molecule has 22 heavy (non-hydrogen) atoms. The van der Waals surface area contributed by atoms with Gasteiger partial charge in [0.25, 0.3) is 0 Å². The topological polar surface area (TPSA) is 67.6 Å². The molecule has 0 bridgehead atoms. The van der Waals surface area contributed by atoms with Crippen molar-refractivity contribution in [1.82, 2.24) is 10.2 Å². The van der Waals surface area contributed by atoms with Crippen molar-refractivity contribution in [3.63, 3.8) is 0 Å². The van der Waals surface area contributed by atoms with Gasteiger partial charge in [-0.25, -0.2) is 0 Å². The lowest BCUT2D eigenvalue weighted by Crippen LogP contribution is -2.38. The fourth-order valence-electron chi connectivity index (χ4n) is 2.80. The molecule has 3 N–H and O–H groups in total. The van der Waals surface area contributed by atoms with Gasteiger partial charge in [-0.05, 0) is 49.5 Å². The Morgan fingerprint density at radius 3 is 3.00 bits per heavy atom. The van der Waals surface area contributed by atoms with E-state index in [4.69, 9.17) is 10.5 Å². The normalized spacial score (nSPS) is 21.8. The van der Waals surface area contributed by atoms with E-state index in [0.29, 0.717) is 26.2 Å². The Hall–Kier alpha value is -1.59. The van der Waals surface area contributed by atoms with E-state index in [1.54, 1.807) is 0 Å². The summed E-state index contributed by atoms with van der Waals surface area (Å²) in [6, 6.07) is 7.82. The van der Waals surface area contributed by atoms with Crippen LogP contribution in [0.15, 0.2) is 24.3 Å². The van der Waals surface area contributed by atoms with E-state index in [2.05, 4.69) is 17.1 Å². The lowest BCUT2D eigenvalue weighted by Gasteiger charge is -2.22. The quantitative estimate of drug-likeness (QED) is 0.798. The number of amides is 1. The van der Waals surface area contributed by atoms with Crippen LogP contribution in [0.5, 0.6) is 5.75 Å². The van der Waals surface area contributed by atoms with Gasteiger partial charge in [0.05, 0.1) is 13.2 Å².